The maximum absolute atomic E-state index is 12.2. The molecule has 2 rings (SSSR count). The molecule has 1 aromatic carbocycles. The number of carbonyl (C=O) groups is 1. The monoisotopic (exact) mass is 313 g/mol. The molecule has 3 nitrogen and oxygen atoms in total. The molecule has 2 unspecified atom stereocenters. The van der Waals surface area contributed by atoms with E-state index in [0.717, 1.165) is 18.4 Å². The highest BCUT2D eigenvalue weighted by Gasteiger charge is 2.24. The lowest BCUT2D eigenvalue weighted by atomic mass is 10.2. The molecule has 2 atom stereocenters. The summed E-state index contributed by atoms with van der Waals surface area (Å²) in [6.07, 6.45) is 4.43. The third-order valence-electron chi connectivity index (χ3n) is 3.66. The molecule has 0 radical (unpaired) electrons. The van der Waals surface area contributed by atoms with Crippen LogP contribution in [0.2, 0.25) is 5.02 Å². The Labute approximate surface area is 127 Å². The minimum atomic E-state index is -1.22. The van der Waals surface area contributed by atoms with Crippen LogP contribution in [0.5, 0.6) is 0 Å². The van der Waals surface area contributed by atoms with Crippen molar-refractivity contribution in [3.8, 4) is 0 Å². The summed E-state index contributed by atoms with van der Waals surface area (Å²) in [6.45, 7) is 1.73. The van der Waals surface area contributed by atoms with Gasteiger partial charge in [0.15, 0.2) is 0 Å². The Morgan fingerprint density at radius 3 is 2.80 bits per heavy atom. The smallest absolute Gasteiger partial charge is 0.235 e. The fraction of sp³-hybridized carbons (Fsp3) is 0.533. The molecule has 1 saturated carbocycles. The molecule has 1 aliphatic carbocycles. The molecule has 1 aromatic rings. The first-order valence-corrected chi connectivity index (χ1v) is 8.74. The van der Waals surface area contributed by atoms with Gasteiger partial charge in [0, 0.05) is 27.6 Å². The lowest BCUT2D eigenvalue weighted by Gasteiger charge is -2.16. The minimum absolute atomic E-state index is 0.0998. The number of rotatable bonds is 5. The number of benzene rings is 1. The predicted octanol–water partition coefficient (Wildman–Crippen LogP) is 3.04. The molecule has 110 valence electrons. The molecule has 0 aromatic heterocycles. The molecule has 1 amide bonds. The van der Waals surface area contributed by atoms with E-state index in [0.29, 0.717) is 10.8 Å². The first kappa shape index (κ1) is 15.5. The van der Waals surface area contributed by atoms with Gasteiger partial charge in [-0.3, -0.25) is 9.00 Å². The van der Waals surface area contributed by atoms with Crippen molar-refractivity contribution in [2.45, 2.75) is 49.7 Å². The molecule has 0 bridgehead atoms. The number of amides is 1. The molecule has 1 fully saturated rings. The molecular formula is C15H20ClNO2S. The quantitative estimate of drug-likeness (QED) is 0.908. The van der Waals surface area contributed by atoms with Crippen LogP contribution >= 0.6 is 11.6 Å². The summed E-state index contributed by atoms with van der Waals surface area (Å²) < 4.78 is 12.2. The normalized spacial score (nSPS) is 18.7. The van der Waals surface area contributed by atoms with Crippen molar-refractivity contribution >= 4 is 28.3 Å². The SMILES string of the molecule is CC(C(=O)NC1CCCC1)S(=O)Cc1cccc(Cl)c1. The molecule has 5 heteroatoms. The van der Waals surface area contributed by atoms with Gasteiger partial charge in [-0.1, -0.05) is 36.6 Å². The number of hydrogen-bond donors (Lipinski definition) is 1. The summed E-state index contributed by atoms with van der Waals surface area (Å²) >= 11 is 5.91. The first-order chi connectivity index (χ1) is 9.56. The van der Waals surface area contributed by atoms with Gasteiger partial charge < -0.3 is 5.32 Å². The number of carbonyl (C=O) groups excluding carboxylic acids is 1. The lowest BCUT2D eigenvalue weighted by Crippen LogP contribution is -2.40. The Morgan fingerprint density at radius 2 is 2.15 bits per heavy atom. The molecule has 0 heterocycles. The van der Waals surface area contributed by atoms with Crippen LogP contribution in [0.4, 0.5) is 0 Å². The van der Waals surface area contributed by atoms with Crippen LogP contribution in [0, 0.1) is 0 Å². The summed E-state index contributed by atoms with van der Waals surface area (Å²) in [5, 5.41) is 3.13. The van der Waals surface area contributed by atoms with E-state index in [1.807, 2.05) is 12.1 Å². The van der Waals surface area contributed by atoms with Gasteiger partial charge in [-0.2, -0.15) is 0 Å². The summed E-state index contributed by atoms with van der Waals surface area (Å²) in [5.74, 6) is 0.261. The van der Waals surface area contributed by atoms with E-state index < -0.39 is 16.0 Å². The second-order valence-electron chi connectivity index (χ2n) is 5.29. The fourth-order valence-electron chi connectivity index (χ4n) is 2.42. The summed E-state index contributed by atoms with van der Waals surface area (Å²) in [7, 11) is -1.22. The zero-order chi connectivity index (χ0) is 14.5. The number of halogens is 1. The van der Waals surface area contributed by atoms with Gasteiger partial charge in [0.25, 0.3) is 0 Å². The minimum Gasteiger partial charge on any atom is -0.352 e. The third-order valence-corrected chi connectivity index (χ3v) is 5.52. The van der Waals surface area contributed by atoms with E-state index in [-0.39, 0.29) is 11.9 Å². The third kappa shape index (κ3) is 4.32. The number of nitrogens with one attached hydrogen (secondary N) is 1. The van der Waals surface area contributed by atoms with Crippen molar-refractivity contribution < 1.29 is 9.00 Å². The molecule has 0 aliphatic heterocycles. The predicted molar refractivity (Wildman–Crippen MR) is 83.2 cm³/mol. The van der Waals surface area contributed by atoms with Gasteiger partial charge in [-0.05, 0) is 37.5 Å². The first-order valence-electron chi connectivity index (χ1n) is 6.98. The second-order valence-corrected chi connectivity index (χ2v) is 7.48. The van der Waals surface area contributed by atoms with Gasteiger partial charge in [0.2, 0.25) is 5.91 Å². The Bertz CT molecular complexity index is 500. The molecule has 1 N–H and O–H groups in total. The van der Waals surface area contributed by atoms with Crippen molar-refractivity contribution in [3.63, 3.8) is 0 Å². The van der Waals surface area contributed by atoms with E-state index in [9.17, 15) is 9.00 Å². The summed E-state index contributed by atoms with van der Waals surface area (Å²) in [4.78, 5) is 12.1. The van der Waals surface area contributed by atoms with Crippen LogP contribution < -0.4 is 5.32 Å². The average molecular weight is 314 g/mol. The van der Waals surface area contributed by atoms with Crippen LogP contribution in [-0.4, -0.2) is 21.4 Å². The van der Waals surface area contributed by atoms with Crippen molar-refractivity contribution in [1.29, 1.82) is 0 Å². The Kier molecular flexibility index (Phi) is 5.61. The van der Waals surface area contributed by atoms with E-state index in [2.05, 4.69) is 5.32 Å². The summed E-state index contributed by atoms with van der Waals surface area (Å²) in [5.41, 5.74) is 0.899. The molecule has 0 saturated heterocycles. The van der Waals surface area contributed by atoms with E-state index >= 15 is 0 Å². The maximum Gasteiger partial charge on any atom is 0.235 e. The van der Waals surface area contributed by atoms with Crippen LogP contribution in [-0.2, 0) is 21.3 Å². The van der Waals surface area contributed by atoms with Gasteiger partial charge in [-0.15, -0.1) is 0 Å². The highest BCUT2D eigenvalue weighted by Crippen LogP contribution is 2.18. The van der Waals surface area contributed by atoms with Crippen molar-refractivity contribution in [2.75, 3.05) is 0 Å². The number of hydrogen-bond acceptors (Lipinski definition) is 2. The summed E-state index contributed by atoms with van der Waals surface area (Å²) in [6, 6.07) is 7.56. The van der Waals surface area contributed by atoms with Gasteiger partial charge in [0.05, 0.1) is 0 Å². The van der Waals surface area contributed by atoms with Crippen molar-refractivity contribution in [2.24, 2.45) is 0 Å². The van der Waals surface area contributed by atoms with Crippen LogP contribution in [0.1, 0.15) is 38.2 Å². The standard InChI is InChI=1S/C15H20ClNO2S/c1-11(15(18)17-14-7-2-3-8-14)20(19)10-12-5-4-6-13(16)9-12/h4-6,9,11,14H,2-3,7-8,10H2,1H3,(H,17,18). The largest absolute Gasteiger partial charge is 0.352 e. The van der Waals surface area contributed by atoms with Crippen LogP contribution in [0.15, 0.2) is 24.3 Å². The highest BCUT2D eigenvalue weighted by atomic mass is 35.5. The second kappa shape index (κ2) is 7.23. The average Bonchev–Trinajstić information content (AvgIpc) is 2.90. The molecule has 0 spiro atoms. The van der Waals surface area contributed by atoms with Gasteiger partial charge >= 0.3 is 0 Å². The van der Waals surface area contributed by atoms with Gasteiger partial charge in [0.1, 0.15) is 5.25 Å². The van der Waals surface area contributed by atoms with E-state index in [1.54, 1.807) is 19.1 Å². The molecular weight excluding hydrogens is 294 g/mol. The zero-order valence-electron chi connectivity index (χ0n) is 11.6. The van der Waals surface area contributed by atoms with E-state index in [4.69, 9.17) is 11.6 Å². The zero-order valence-corrected chi connectivity index (χ0v) is 13.2. The van der Waals surface area contributed by atoms with Crippen molar-refractivity contribution in [3.05, 3.63) is 34.9 Å². The van der Waals surface area contributed by atoms with E-state index in [1.165, 1.54) is 12.8 Å². The molecule has 1 aliphatic rings. The molecule has 20 heavy (non-hydrogen) atoms. The maximum atomic E-state index is 12.2. The van der Waals surface area contributed by atoms with Crippen LogP contribution in [0.25, 0.3) is 0 Å². The Hall–Kier alpha value is -0.870. The Morgan fingerprint density at radius 1 is 1.45 bits per heavy atom. The topological polar surface area (TPSA) is 46.2 Å². The lowest BCUT2D eigenvalue weighted by molar-refractivity contribution is -0.121. The Balaban J connectivity index is 1.89. The fourth-order valence-corrected chi connectivity index (χ4v) is 3.70. The van der Waals surface area contributed by atoms with Crippen molar-refractivity contribution in [1.82, 2.24) is 5.32 Å². The van der Waals surface area contributed by atoms with Crippen LogP contribution in [0.3, 0.4) is 0 Å². The van der Waals surface area contributed by atoms with Gasteiger partial charge in [-0.25, -0.2) is 0 Å². The highest BCUT2D eigenvalue weighted by molar-refractivity contribution is 7.85.